The lowest BCUT2D eigenvalue weighted by Gasteiger charge is -2.08. The number of hydrogen-bond acceptors (Lipinski definition) is 4. The summed E-state index contributed by atoms with van der Waals surface area (Å²) in [5.74, 6) is 1.07. The van der Waals surface area contributed by atoms with Crippen LogP contribution in [0.5, 0.6) is 11.6 Å². The van der Waals surface area contributed by atoms with Gasteiger partial charge in [-0.15, -0.1) is 0 Å². The molecule has 2 heterocycles. The van der Waals surface area contributed by atoms with E-state index in [2.05, 4.69) is 9.97 Å². The minimum absolute atomic E-state index is 0.445. The molecule has 0 unspecified atom stereocenters. The summed E-state index contributed by atoms with van der Waals surface area (Å²) in [5.41, 5.74) is 1.69. The van der Waals surface area contributed by atoms with Gasteiger partial charge in [0, 0.05) is 17.6 Å². The monoisotopic (exact) mass is 266 g/mol. The van der Waals surface area contributed by atoms with E-state index in [0.717, 1.165) is 16.5 Å². The summed E-state index contributed by atoms with van der Waals surface area (Å²) in [6, 6.07) is 13.2. The molecule has 2 aromatic heterocycles. The minimum atomic E-state index is -0.546. The summed E-state index contributed by atoms with van der Waals surface area (Å²) in [4.78, 5) is 8.47. The zero-order chi connectivity index (χ0) is 13.9. The normalized spacial score (nSPS) is 12.3. The number of nitrogens with zero attached hydrogens (tertiary/aromatic N) is 2. The molecule has 0 fully saturated rings. The number of aliphatic hydroxyl groups excluding tert-OH is 1. The molecule has 4 nitrogen and oxygen atoms in total. The lowest BCUT2D eigenvalue weighted by atomic mass is 10.2. The van der Waals surface area contributed by atoms with Gasteiger partial charge in [0.05, 0.1) is 17.8 Å². The maximum absolute atomic E-state index is 9.56. The van der Waals surface area contributed by atoms with E-state index < -0.39 is 6.10 Å². The van der Waals surface area contributed by atoms with Crippen LogP contribution in [0.25, 0.3) is 10.9 Å². The Hall–Kier alpha value is -2.46. The van der Waals surface area contributed by atoms with Gasteiger partial charge in [-0.3, -0.25) is 4.98 Å². The third-order valence-corrected chi connectivity index (χ3v) is 3.03. The zero-order valence-electron chi connectivity index (χ0n) is 11.0. The number of rotatable bonds is 3. The number of aliphatic hydroxyl groups is 1. The van der Waals surface area contributed by atoms with Crippen LogP contribution in [0.4, 0.5) is 0 Å². The molecular weight excluding hydrogens is 252 g/mol. The van der Waals surface area contributed by atoms with Crippen molar-refractivity contribution in [1.82, 2.24) is 9.97 Å². The van der Waals surface area contributed by atoms with E-state index in [1.807, 2.05) is 30.3 Å². The molecule has 0 saturated heterocycles. The van der Waals surface area contributed by atoms with Crippen molar-refractivity contribution in [3.8, 4) is 11.6 Å². The lowest BCUT2D eigenvalue weighted by Crippen LogP contribution is -1.94. The highest BCUT2D eigenvalue weighted by atomic mass is 16.5. The van der Waals surface area contributed by atoms with E-state index in [4.69, 9.17) is 4.74 Å². The van der Waals surface area contributed by atoms with E-state index in [0.29, 0.717) is 11.6 Å². The van der Waals surface area contributed by atoms with Crippen LogP contribution in [0, 0.1) is 0 Å². The van der Waals surface area contributed by atoms with E-state index in [1.54, 1.807) is 31.5 Å². The summed E-state index contributed by atoms with van der Waals surface area (Å²) in [7, 11) is 0. The average molecular weight is 266 g/mol. The first-order valence-corrected chi connectivity index (χ1v) is 6.39. The fourth-order valence-corrected chi connectivity index (χ4v) is 1.97. The molecule has 0 aliphatic rings. The Morgan fingerprint density at radius 3 is 2.80 bits per heavy atom. The molecule has 0 aliphatic heterocycles. The summed E-state index contributed by atoms with van der Waals surface area (Å²) in [6.45, 7) is 1.71. The van der Waals surface area contributed by atoms with E-state index >= 15 is 0 Å². The molecule has 4 heteroatoms. The van der Waals surface area contributed by atoms with Gasteiger partial charge in [-0.25, -0.2) is 4.98 Å². The highest BCUT2D eigenvalue weighted by Gasteiger charge is 2.05. The van der Waals surface area contributed by atoms with Crippen molar-refractivity contribution in [2.24, 2.45) is 0 Å². The first-order valence-electron chi connectivity index (χ1n) is 6.39. The van der Waals surface area contributed by atoms with Gasteiger partial charge in [0.1, 0.15) is 5.75 Å². The maximum atomic E-state index is 9.56. The topological polar surface area (TPSA) is 55.2 Å². The van der Waals surface area contributed by atoms with E-state index in [-0.39, 0.29) is 0 Å². The van der Waals surface area contributed by atoms with Gasteiger partial charge in [-0.2, -0.15) is 0 Å². The molecule has 1 aromatic carbocycles. The van der Waals surface area contributed by atoms with Gasteiger partial charge in [0.15, 0.2) is 0 Å². The molecule has 0 spiro atoms. The Bertz CT molecular complexity index is 741. The number of benzene rings is 1. The van der Waals surface area contributed by atoms with Crippen molar-refractivity contribution in [3.05, 3.63) is 60.4 Å². The van der Waals surface area contributed by atoms with E-state index in [1.165, 1.54) is 0 Å². The Morgan fingerprint density at radius 2 is 1.95 bits per heavy atom. The van der Waals surface area contributed by atoms with Crippen molar-refractivity contribution in [2.45, 2.75) is 13.0 Å². The van der Waals surface area contributed by atoms with Gasteiger partial charge < -0.3 is 9.84 Å². The highest BCUT2D eigenvalue weighted by molar-refractivity contribution is 5.79. The first kappa shape index (κ1) is 12.6. The molecule has 100 valence electrons. The van der Waals surface area contributed by atoms with Crippen LogP contribution in [-0.2, 0) is 0 Å². The van der Waals surface area contributed by atoms with Crippen LogP contribution in [0.15, 0.2) is 54.9 Å². The van der Waals surface area contributed by atoms with Crippen molar-refractivity contribution >= 4 is 10.9 Å². The number of pyridine rings is 2. The molecule has 0 radical (unpaired) electrons. The van der Waals surface area contributed by atoms with Gasteiger partial charge in [0.25, 0.3) is 0 Å². The Labute approximate surface area is 116 Å². The Balaban J connectivity index is 1.90. The standard InChI is InChI=1S/C16H14N2O2/c1-11(19)12-6-7-17-16(9-12)20-14-8-13-4-2-3-5-15(13)18-10-14/h2-11,19H,1H3/t11-/m0/s1. The zero-order valence-corrected chi connectivity index (χ0v) is 11.0. The molecule has 3 aromatic rings. The predicted octanol–water partition coefficient (Wildman–Crippen LogP) is 3.48. The fourth-order valence-electron chi connectivity index (χ4n) is 1.97. The van der Waals surface area contributed by atoms with Crippen molar-refractivity contribution in [1.29, 1.82) is 0 Å². The molecule has 0 bridgehead atoms. The summed E-state index contributed by atoms with van der Waals surface area (Å²) >= 11 is 0. The molecule has 1 atom stereocenters. The van der Waals surface area contributed by atoms with Crippen LogP contribution < -0.4 is 4.74 Å². The van der Waals surface area contributed by atoms with Crippen molar-refractivity contribution in [3.63, 3.8) is 0 Å². The largest absolute Gasteiger partial charge is 0.437 e. The van der Waals surface area contributed by atoms with Gasteiger partial charge in [-0.1, -0.05) is 18.2 Å². The second-order valence-electron chi connectivity index (χ2n) is 4.57. The van der Waals surface area contributed by atoms with Crippen LogP contribution in [0.3, 0.4) is 0 Å². The fraction of sp³-hybridized carbons (Fsp3) is 0.125. The molecule has 0 amide bonds. The summed E-state index contributed by atoms with van der Waals surface area (Å²) in [5, 5.41) is 10.6. The third-order valence-electron chi connectivity index (χ3n) is 3.03. The number of hydrogen-bond donors (Lipinski definition) is 1. The van der Waals surface area contributed by atoms with Crippen LogP contribution in [0.1, 0.15) is 18.6 Å². The van der Waals surface area contributed by atoms with Gasteiger partial charge >= 0.3 is 0 Å². The average Bonchev–Trinajstić information content (AvgIpc) is 2.47. The molecular formula is C16H14N2O2. The Morgan fingerprint density at radius 1 is 1.10 bits per heavy atom. The highest BCUT2D eigenvalue weighted by Crippen LogP contribution is 2.24. The van der Waals surface area contributed by atoms with Crippen molar-refractivity contribution < 1.29 is 9.84 Å². The lowest BCUT2D eigenvalue weighted by molar-refractivity contribution is 0.198. The number of para-hydroxylation sites is 1. The summed E-state index contributed by atoms with van der Waals surface area (Å²) < 4.78 is 5.69. The molecule has 1 N–H and O–H groups in total. The molecule has 0 saturated carbocycles. The quantitative estimate of drug-likeness (QED) is 0.788. The molecule has 0 aliphatic carbocycles. The van der Waals surface area contributed by atoms with Gasteiger partial charge in [0.2, 0.25) is 5.88 Å². The van der Waals surface area contributed by atoms with Crippen LogP contribution in [-0.4, -0.2) is 15.1 Å². The minimum Gasteiger partial charge on any atom is -0.437 e. The molecule has 3 rings (SSSR count). The third kappa shape index (κ3) is 2.60. The van der Waals surface area contributed by atoms with Crippen LogP contribution >= 0.6 is 0 Å². The summed E-state index contributed by atoms with van der Waals surface area (Å²) in [6.07, 6.45) is 2.74. The number of ether oxygens (including phenoxy) is 1. The van der Waals surface area contributed by atoms with E-state index in [9.17, 15) is 5.11 Å². The first-order chi connectivity index (χ1) is 9.72. The SMILES string of the molecule is C[C@H](O)c1ccnc(Oc2cnc3ccccc3c2)c1. The second-order valence-corrected chi connectivity index (χ2v) is 4.57. The number of aromatic nitrogens is 2. The van der Waals surface area contributed by atoms with Crippen LogP contribution in [0.2, 0.25) is 0 Å². The maximum Gasteiger partial charge on any atom is 0.219 e. The second kappa shape index (κ2) is 5.27. The Kier molecular flexibility index (Phi) is 3.31. The van der Waals surface area contributed by atoms with Crippen molar-refractivity contribution in [2.75, 3.05) is 0 Å². The number of fused-ring (bicyclic) bond motifs is 1. The van der Waals surface area contributed by atoms with Gasteiger partial charge in [-0.05, 0) is 30.7 Å². The predicted molar refractivity (Wildman–Crippen MR) is 76.7 cm³/mol. The smallest absolute Gasteiger partial charge is 0.219 e. The molecule has 20 heavy (non-hydrogen) atoms.